The number of nitrogens with zero attached hydrogens (tertiary/aromatic N) is 2. The molecule has 5 heteroatoms. The van der Waals surface area contributed by atoms with Gasteiger partial charge in [0.15, 0.2) is 5.95 Å². The second-order valence-electron chi connectivity index (χ2n) is 4.00. The third-order valence-corrected chi connectivity index (χ3v) is 3.07. The van der Waals surface area contributed by atoms with Crippen molar-refractivity contribution < 1.29 is 0 Å². The number of nitrogens with one attached hydrogen (secondary N) is 1. The molecule has 2 heterocycles. The molecule has 0 saturated heterocycles. The first kappa shape index (κ1) is 10.2. The number of hydrogen-bond donors (Lipinski definition) is 2. The van der Waals surface area contributed by atoms with Gasteiger partial charge in [-0.1, -0.05) is 17.7 Å². The number of nitrogen functional groups attached to an aromatic ring is 1. The minimum absolute atomic E-state index is 0.422. The Kier molecular flexibility index (Phi) is 2.12. The van der Waals surface area contributed by atoms with Crippen molar-refractivity contribution in [3.05, 3.63) is 35.6 Å². The summed E-state index contributed by atoms with van der Waals surface area (Å²) in [5.41, 5.74) is 8.67. The smallest absolute Gasteiger partial charge is 0.197 e. The summed E-state index contributed by atoms with van der Waals surface area (Å²) in [5.74, 6) is 0.422. The second-order valence-corrected chi connectivity index (χ2v) is 4.43. The topological polar surface area (TPSA) is 59.6 Å². The lowest BCUT2D eigenvalue weighted by Crippen LogP contribution is -1.85. The number of fused-ring (bicyclic) bond motifs is 1. The molecule has 3 N–H and O–H groups in total. The number of anilines is 1. The van der Waals surface area contributed by atoms with Gasteiger partial charge in [0.25, 0.3) is 0 Å². The Morgan fingerprint density at radius 2 is 2.24 bits per heavy atom. The fourth-order valence-corrected chi connectivity index (χ4v) is 2.21. The zero-order valence-electron chi connectivity index (χ0n) is 9.24. The minimum Gasteiger partial charge on any atom is -0.369 e. The number of imidazole rings is 1. The number of hydrogen-bond acceptors (Lipinski definition) is 2. The Morgan fingerprint density at radius 1 is 1.41 bits per heavy atom. The van der Waals surface area contributed by atoms with E-state index in [0.29, 0.717) is 5.95 Å². The van der Waals surface area contributed by atoms with Crippen molar-refractivity contribution >= 4 is 28.5 Å². The second kappa shape index (κ2) is 3.53. The standard InChI is InChI=1S/C12H11ClN4/c1-17-6-9(10-5-15-12(14)16-10)8-3-2-7(13)4-11(8)17/h2-6H,1H3,(H3,14,15,16). The van der Waals surface area contributed by atoms with Gasteiger partial charge in [-0.2, -0.15) is 0 Å². The molecule has 17 heavy (non-hydrogen) atoms. The van der Waals surface area contributed by atoms with Crippen LogP contribution in [0.1, 0.15) is 0 Å². The van der Waals surface area contributed by atoms with Gasteiger partial charge in [-0.3, -0.25) is 0 Å². The summed E-state index contributed by atoms with van der Waals surface area (Å²) in [6.45, 7) is 0. The fraction of sp³-hybridized carbons (Fsp3) is 0.0833. The first-order valence-electron chi connectivity index (χ1n) is 5.20. The SMILES string of the molecule is Cn1cc(-c2cnc(N)[nH]2)c2ccc(Cl)cc21. The van der Waals surface area contributed by atoms with Crippen LogP contribution in [-0.2, 0) is 7.05 Å². The van der Waals surface area contributed by atoms with Crippen molar-refractivity contribution in [2.75, 3.05) is 5.73 Å². The minimum atomic E-state index is 0.422. The summed E-state index contributed by atoms with van der Waals surface area (Å²) in [7, 11) is 1.99. The maximum absolute atomic E-state index is 6.00. The molecule has 0 amide bonds. The molecule has 0 atom stereocenters. The summed E-state index contributed by atoms with van der Waals surface area (Å²) < 4.78 is 2.04. The van der Waals surface area contributed by atoms with E-state index < -0.39 is 0 Å². The number of aryl methyl sites for hydroxylation is 1. The lowest BCUT2D eigenvalue weighted by atomic mass is 10.1. The van der Waals surface area contributed by atoms with Crippen LogP contribution < -0.4 is 5.73 Å². The molecule has 86 valence electrons. The molecule has 3 rings (SSSR count). The van der Waals surface area contributed by atoms with Gasteiger partial charge >= 0.3 is 0 Å². The maximum atomic E-state index is 6.00. The summed E-state index contributed by atoms with van der Waals surface area (Å²) in [5, 5.41) is 1.86. The Bertz CT molecular complexity index is 696. The van der Waals surface area contributed by atoms with E-state index in [0.717, 1.165) is 27.2 Å². The quantitative estimate of drug-likeness (QED) is 0.694. The summed E-state index contributed by atoms with van der Waals surface area (Å²) in [6.07, 6.45) is 3.77. The Morgan fingerprint density at radius 3 is 2.94 bits per heavy atom. The highest BCUT2D eigenvalue weighted by Gasteiger charge is 2.10. The number of nitrogens with two attached hydrogens (primary N) is 1. The Labute approximate surface area is 103 Å². The maximum Gasteiger partial charge on any atom is 0.197 e. The van der Waals surface area contributed by atoms with Gasteiger partial charge in [-0.25, -0.2) is 4.98 Å². The molecule has 1 aromatic carbocycles. The average molecular weight is 247 g/mol. The molecule has 0 aliphatic heterocycles. The Balaban J connectivity index is 2.31. The van der Waals surface area contributed by atoms with Crippen LogP contribution in [0.2, 0.25) is 5.02 Å². The van der Waals surface area contributed by atoms with E-state index in [9.17, 15) is 0 Å². The first-order chi connectivity index (χ1) is 8.15. The lowest BCUT2D eigenvalue weighted by molar-refractivity contribution is 0.970. The van der Waals surface area contributed by atoms with Crippen molar-refractivity contribution in [3.8, 4) is 11.3 Å². The molecule has 2 aromatic heterocycles. The predicted molar refractivity (Wildman–Crippen MR) is 69.9 cm³/mol. The van der Waals surface area contributed by atoms with Crippen LogP contribution >= 0.6 is 11.6 Å². The number of rotatable bonds is 1. The van der Waals surface area contributed by atoms with Crippen molar-refractivity contribution in [2.45, 2.75) is 0 Å². The molecule has 0 radical (unpaired) electrons. The molecule has 4 nitrogen and oxygen atoms in total. The molecular weight excluding hydrogens is 236 g/mol. The van der Waals surface area contributed by atoms with Crippen LogP contribution in [0.4, 0.5) is 5.95 Å². The van der Waals surface area contributed by atoms with Crippen molar-refractivity contribution in [3.63, 3.8) is 0 Å². The number of aromatic nitrogens is 3. The molecule has 0 fully saturated rings. The van der Waals surface area contributed by atoms with E-state index in [2.05, 4.69) is 9.97 Å². The molecule has 0 bridgehead atoms. The highest BCUT2D eigenvalue weighted by Crippen LogP contribution is 2.30. The van der Waals surface area contributed by atoms with Gasteiger partial charge in [0.2, 0.25) is 0 Å². The van der Waals surface area contributed by atoms with Crippen LogP contribution in [0.25, 0.3) is 22.2 Å². The van der Waals surface area contributed by atoms with Gasteiger partial charge in [-0.05, 0) is 12.1 Å². The van der Waals surface area contributed by atoms with E-state index in [-0.39, 0.29) is 0 Å². The van der Waals surface area contributed by atoms with Gasteiger partial charge in [-0.15, -0.1) is 0 Å². The average Bonchev–Trinajstić information content (AvgIpc) is 2.84. The predicted octanol–water partition coefficient (Wildman–Crippen LogP) is 2.80. The van der Waals surface area contributed by atoms with E-state index >= 15 is 0 Å². The first-order valence-corrected chi connectivity index (χ1v) is 5.58. The highest BCUT2D eigenvalue weighted by atomic mass is 35.5. The normalized spacial score (nSPS) is 11.2. The summed E-state index contributed by atoms with van der Waals surface area (Å²) in [6, 6.07) is 5.83. The number of halogens is 1. The van der Waals surface area contributed by atoms with Crippen molar-refractivity contribution in [1.82, 2.24) is 14.5 Å². The molecule has 0 spiro atoms. The van der Waals surface area contributed by atoms with Crippen LogP contribution in [0.5, 0.6) is 0 Å². The summed E-state index contributed by atoms with van der Waals surface area (Å²) in [4.78, 5) is 7.05. The van der Waals surface area contributed by atoms with Crippen LogP contribution in [0.3, 0.4) is 0 Å². The highest BCUT2D eigenvalue weighted by molar-refractivity contribution is 6.31. The summed E-state index contributed by atoms with van der Waals surface area (Å²) >= 11 is 6.00. The zero-order valence-corrected chi connectivity index (χ0v) is 9.99. The van der Waals surface area contributed by atoms with E-state index in [4.69, 9.17) is 17.3 Å². The van der Waals surface area contributed by atoms with Crippen molar-refractivity contribution in [1.29, 1.82) is 0 Å². The van der Waals surface area contributed by atoms with Gasteiger partial charge in [0.05, 0.1) is 11.9 Å². The molecular formula is C12H11ClN4. The molecule has 0 unspecified atom stereocenters. The van der Waals surface area contributed by atoms with Crippen molar-refractivity contribution in [2.24, 2.45) is 7.05 Å². The van der Waals surface area contributed by atoms with Gasteiger partial charge < -0.3 is 15.3 Å². The van der Waals surface area contributed by atoms with Crippen LogP contribution in [0, 0.1) is 0 Å². The van der Waals surface area contributed by atoms with Gasteiger partial charge in [0, 0.05) is 34.7 Å². The Hall–Kier alpha value is -1.94. The van der Waals surface area contributed by atoms with Gasteiger partial charge in [0.1, 0.15) is 0 Å². The van der Waals surface area contributed by atoms with E-state index in [1.807, 2.05) is 36.0 Å². The monoisotopic (exact) mass is 246 g/mol. The zero-order chi connectivity index (χ0) is 12.0. The van der Waals surface area contributed by atoms with E-state index in [1.165, 1.54) is 0 Å². The van der Waals surface area contributed by atoms with Crippen LogP contribution in [-0.4, -0.2) is 14.5 Å². The van der Waals surface area contributed by atoms with E-state index in [1.54, 1.807) is 6.20 Å². The number of H-pyrrole nitrogens is 1. The third kappa shape index (κ3) is 1.57. The molecule has 0 aliphatic rings. The number of aromatic amines is 1. The molecule has 0 saturated carbocycles. The largest absolute Gasteiger partial charge is 0.369 e. The van der Waals surface area contributed by atoms with Crippen LogP contribution in [0.15, 0.2) is 30.6 Å². The molecule has 3 aromatic rings. The fourth-order valence-electron chi connectivity index (χ4n) is 2.05. The molecule has 0 aliphatic carbocycles. The lowest BCUT2D eigenvalue weighted by Gasteiger charge is -1.96. The third-order valence-electron chi connectivity index (χ3n) is 2.84. The number of benzene rings is 1.